The van der Waals surface area contributed by atoms with Crippen molar-refractivity contribution in [3.8, 4) is 0 Å². The van der Waals surface area contributed by atoms with Gasteiger partial charge in [0.2, 0.25) is 5.91 Å². The zero-order valence-corrected chi connectivity index (χ0v) is 15.2. The van der Waals surface area contributed by atoms with Crippen molar-refractivity contribution in [3.05, 3.63) is 65.5 Å². The van der Waals surface area contributed by atoms with Gasteiger partial charge in [0.15, 0.2) is 5.78 Å². The Bertz CT molecular complexity index is 736. The number of aromatic nitrogens is 1. The summed E-state index contributed by atoms with van der Waals surface area (Å²) in [7, 11) is 0. The maximum Gasteiger partial charge on any atom is 0.223 e. The number of amides is 1. The molecule has 1 aromatic carbocycles. The van der Waals surface area contributed by atoms with Gasteiger partial charge >= 0.3 is 0 Å². The molecule has 1 saturated heterocycles. The van der Waals surface area contributed by atoms with Crippen LogP contribution in [0.4, 0.5) is 0 Å². The molecule has 0 bridgehead atoms. The third-order valence-corrected chi connectivity index (χ3v) is 4.82. The van der Waals surface area contributed by atoms with Crippen molar-refractivity contribution >= 4 is 11.7 Å². The molecule has 1 aromatic heterocycles. The van der Waals surface area contributed by atoms with E-state index < -0.39 is 0 Å². The summed E-state index contributed by atoms with van der Waals surface area (Å²) < 4.78 is 0. The van der Waals surface area contributed by atoms with Gasteiger partial charge in [0, 0.05) is 63.5 Å². The van der Waals surface area contributed by atoms with E-state index in [1.165, 1.54) is 5.56 Å². The zero-order valence-electron chi connectivity index (χ0n) is 15.2. The van der Waals surface area contributed by atoms with E-state index in [9.17, 15) is 9.59 Å². The molecule has 0 N–H and O–H groups in total. The second-order valence-electron chi connectivity index (χ2n) is 6.80. The average Bonchev–Trinajstić information content (AvgIpc) is 2.68. The largest absolute Gasteiger partial charge is 0.340 e. The monoisotopic (exact) mass is 351 g/mol. The van der Waals surface area contributed by atoms with E-state index in [-0.39, 0.29) is 24.5 Å². The lowest BCUT2D eigenvalue weighted by molar-refractivity contribution is -0.132. The number of hydrogen-bond acceptors (Lipinski definition) is 4. The molecule has 0 saturated carbocycles. The number of carbonyl (C=O) groups is 2. The van der Waals surface area contributed by atoms with Gasteiger partial charge in [-0.1, -0.05) is 29.8 Å². The van der Waals surface area contributed by atoms with Crippen LogP contribution in [0.1, 0.15) is 34.3 Å². The Balaban J connectivity index is 1.42. The first kappa shape index (κ1) is 18.3. The van der Waals surface area contributed by atoms with Crippen LogP contribution in [0.15, 0.2) is 48.8 Å². The Morgan fingerprint density at radius 1 is 0.923 bits per heavy atom. The van der Waals surface area contributed by atoms with Crippen LogP contribution >= 0.6 is 0 Å². The average molecular weight is 351 g/mol. The lowest BCUT2D eigenvalue weighted by atomic mass is 10.0. The van der Waals surface area contributed by atoms with Gasteiger partial charge in [0.05, 0.1) is 0 Å². The van der Waals surface area contributed by atoms with Crippen LogP contribution in [0, 0.1) is 6.92 Å². The predicted octanol–water partition coefficient (Wildman–Crippen LogP) is 2.70. The van der Waals surface area contributed by atoms with E-state index in [0.29, 0.717) is 5.56 Å². The first-order valence-electron chi connectivity index (χ1n) is 9.11. The SMILES string of the molecule is Cc1ccc(C(=O)CCC(=O)N2CCN(Cc3ccncc3)CC2)cc1. The van der Waals surface area contributed by atoms with E-state index in [0.717, 1.165) is 38.3 Å². The Hall–Kier alpha value is -2.53. The summed E-state index contributed by atoms with van der Waals surface area (Å²) in [5.74, 6) is 0.115. The van der Waals surface area contributed by atoms with Crippen LogP contribution in [0.25, 0.3) is 0 Å². The predicted molar refractivity (Wildman–Crippen MR) is 101 cm³/mol. The third kappa shape index (κ3) is 4.99. The fourth-order valence-electron chi connectivity index (χ4n) is 3.16. The van der Waals surface area contributed by atoms with E-state index in [2.05, 4.69) is 9.88 Å². The molecular weight excluding hydrogens is 326 g/mol. The minimum Gasteiger partial charge on any atom is -0.340 e. The molecule has 1 fully saturated rings. The van der Waals surface area contributed by atoms with Gasteiger partial charge in [-0.2, -0.15) is 0 Å². The van der Waals surface area contributed by atoms with Gasteiger partial charge < -0.3 is 4.90 Å². The highest BCUT2D eigenvalue weighted by Gasteiger charge is 2.21. The Labute approximate surface area is 154 Å². The van der Waals surface area contributed by atoms with E-state index >= 15 is 0 Å². The summed E-state index contributed by atoms with van der Waals surface area (Å²) in [6.45, 7) is 6.05. The lowest BCUT2D eigenvalue weighted by Gasteiger charge is -2.34. The standard InChI is InChI=1S/C21H25N3O2/c1-17-2-4-19(5-3-17)20(25)6-7-21(26)24-14-12-23(13-15-24)16-18-8-10-22-11-9-18/h2-5,8-11H,6-7,12-16H2,1H3. The second kappa shape index (κ2) is 8.72. The third-order valence-electron chi connectivity index (χ3n) is 4.82. The van der Waals surface area contributed by atoms with Gasteiger partial charge in [-0.15, -0.1) is 0 Å². The summed E-state index contributed by atoms with van der Waals surface area (Å²) >= 11 is 0. The molecule has 0 atom stereocenters. The number of aryl methyl sites for hydroxylation is 1. The lowest BCUT2D eigenvalue weighted by Crippen LogP contribution is -2.48. The molecule has 5 nitrogen and oxygen atoms in total. The molecule has 2 aromatic rings. The van der Waals surface area contributed by atoms with Crippen LogP contribution in [0.5, 0.6) is 0 Å². The molecule has 3 rings (SSSR count). The van der Waals surface area contributed by atoms with Crippen molar-refractivity contribution in [1.29, 1.82) is 0 Å². The van der Waals surface area contributed by atoms with Crippen molar-refractivity contribution in [1.82, 2.24) is 14.8 Å². The van der Waals surface area contributed by atoms with Crippen molar-refractivity contribution in [3.63, 3.8) is 0 Å². The molecule has 1 aliphatic heterocycles. The highest BCUT2D eigenvalue weighted by atomic mass is 16.2. The van der Waals surface area contributed by atoms with Gasteiger partial charge in [0.25, 0.3) is 0 Å². The molecule has 5 heteroatoms. The minimum absolute atomic E-state index is 0.0367. The first-order chi connectivity index (χ1) is 12.6. The highest BCUT2D eigenvalue weighted by Crippen LogP contribution is 2.12. The number of hydrogen-bond donors (Lipinski definition) is 0. The van der Waals surface area contributed by atoms with Crippen LogP contribution in [0.3, 0.4) is 0 Å². The fourth-order valence-corrected chi connectivity index (χ4v) is 3.16. The maximum atomic E-state index is 12.4. The Kier molecular flexibility index (Phi) is 6.12. The Morgan fingerprint density at radius 3 is 2.23 bits per heavy atom. The molecule has 26 heavy (non-hydrogen) atoms. The smallest absolute Gasteiger partial charge is 0.223 e. The number of benzene rings is 1. The Morgan fingerprint density at radius 2 is 1.58 bits per heavy atom. The molecule has 0 radical (unpaired) electrons. The number of ketones is 1. The van der Waals surface area contributed by atoms with Gasteiger partial charge in [-0.3, -0.25) is 19.5 Å². The van der Waals surface area contributed by atoms with Crippen LogP contribution in [-0.4, -0.2) is 52.7 Å². The number of nitrogens with zero attached hydrogens (tertiary/aromatic N) is 3. The number of Topliss-reactive ketones (excluding diaryl/α,β-unsaturated/α-hetero) is 1. The zero-order chi connectivity index (χ0) is 18.4. The summed E-state index contributed by atoms with van der Waals surface area (Å²) in [4.78, 5) is 32.9. The topological polar surface area (TPSA) is 53.5 Å². The van der Waals surface area contributed by atoms with E-state index in [4.69, 9.17) is 0 Å². The summed E-state index contributed by atoms with van der Waals surface area (Å²) in [6, 6.07) is 11.6. The normalized spacial score (nSPS) is 15.0. The molecule has 0 spiro atoms. The van der Waals surface area contributed by atoms with Gasteiger partial charge in [0.1, 0.15) is 0 Å². The van der Waals surface area contributed by atoms with Gasteiger partial charge in [-0.25, -0.2) is 0 Å². The van der Waals surface area contributed by atoms with Crippen molar-refractivity contribution in [2.45, 2.75) is 26.3 Å². The van der Waals surface area contributed by atoms with Crippen LogP contribution in [0.2, 0.25) is 0 Å². The van der Waals surface area contributed by atoms with E-state index in [1.54, 1.807) is 12.4 Å². The maximum absolute atomic E-state index is 12.4. The van der Waals surface area contributed by atoms with Crippen molar-refractivity contribution in [2.24, 2.45) is 0 Å². The molecule has 2 heterocycles. The molecule has 136 valence electrons. The fraction of sp³-hybridized carbons (Fsp3) is 0.381. The van der Waals surface area contributed by atoms with Gasteiger partial charge in [-0.05, 0) is 24.6 Å². The quantitative estimate of drug-likeness (QED) is 0.751. The highest BCUT2D eigenvalue weighted by molar-refractivity contribution is 5.97. The number of carbonyl (C=O) groups excluding carboxylic acids is 2. The molecule has 1 amide bonds. The molecular formula is C21H25N3O2. The number of pyridine rings is 1. The van der Waals surface area contributed by atoms with Crippen LogP contribution < -0.4 is 0 Å². The summed E-state index contributed by atoms with van der Waals surface area (Å²) in [5, 5.41) is 0. The molecule has 0 unspecified atom stereocenters. The molecule has 1 aliphatic rings. The van der Waals surface area contributed by atoms with Crippen LogP contribution in [-0.2, 0) is 11.3 Å². The second-order valence-corrected chi connectivity index (χ2v) is 6.80. The van der Waals surface area contributed by atoms with Crippen molar-refractivity contribution in [2.75, 3.05) is 26.2 Å². The first-order valence-corrected chi connectivity index (χ1v) is 9.11. The van der Waals surface area contributed by atoms with E-state index in [1.807, 2.05) is 48.2 Å². The summed E-state index contributed by atoms with van der Waals surface area (Å²) in [5.41, 5.74) is 3.05. The van der Waals surface area contributed by atoms with Crippen molar-refractivity contribution < 1.29 is 9.59 Å². The minimum atomic E-state index is 0.0367. The number of rotatable bonds is 6. The number of piperazine rings is 1. The molecule has 0 aliphatic carbocycles. The summed E-state index contributed by atoms with van der Waals surface area (Å²) in [6.07, 6.45) is 4.18.